The van der Waals surface area contributed by atoms with Gasteiger partial charge in [-0.3, -0.25) is 19.1 Å². The normalized spacial score (nSPS) is 22.0. The van der Waals surface area contributed by atoms with Crippen molar-refractivity contribution < 1.29 is 28.1 Å². The topological polar surface area (TPSA) is 98.7 Å². The van der Waals surface area contributed by atoms with E-state index in [1.807, 2.05) is 21.6 Å². The van der Waals surface area contributed by atoms with Crippen molar-refractivity contribution in [2.24, 2.45) is 4.99 Å². The Morgan fingerprint density at radius 2 is 2.27 bits per heavy atom. The number of amides is 3. The highest BCUT2D eigenvalue weighted by atomic mass is 16.5. The summed E-state index contributed by atoms with van der Waals surface area (Å²) in [5, 5.41) is 0. The van der Waals surface area contributed by atoms with Crippen molar-refractivity contribution >= 4 is 29.7 Å². The van der Waals surface area contributed by atoms with E-state index in [0.717, 1.165) is 10.7 Å². The summed E-state index contributed by atoms with van der Waals surface area (Å²) >= 11 is 0. The summed E-state index contributed by atoms with van der Waals surface area (Å²) < 4.78 is 12.0. The molecular formula is C16H18N5O5+. The highest BCUT2D eigenvalue weighted by Crippen LogP contribution is 2.26. The fourth-order valence-corrected chi connectivity index (χ4v) is 3.40. The lowest BCUT2D eigenvalue weighted by Crippen LogP contribution is -2.64. The van der Waals surface area contributed by atoms with Gasteiger partial charge in [0.1, 0.15) is 18.8 Å². The minimum Gasteiger partial charge on any atom is -0.468 e. The first-order chi connectivity index (χ1) is 12.5. The van der Waals surface area contributed by atoms with Gasteiger partial charge < -0.3 is 9.15 Å². The van der Waals surface area contributed by atoms with Crippen LogP contribution in [-0.4, -0.2) is 88.8 Å². The number of carbonyl (C=O) groups excluding carboxylic acids is 3. The van der Waals surface area contributed by atoms with Gasteiger partial charge in [-0.15, -0.1) is 0 Å². The number of hydrogen-bond acceptors (Lipinski definition) is 7. The molecule has 1 unspecified atom stereocenters. The lowest BCUT2D eigenvalue weighted by molar-refractivity contribution is -0.537. The zero-order valence-corrected chi connectivity index (χ0v) is 14.4. The maximum atomic E-state index is 12.9. The summed E-state index contributed by atoms with van der Waals surface area (Å²) in [6.07, 6.45) is 1.61. The molecule has 0 radical (unpaired) electrons. The standard InChI is InChI=1S/C16H18N5O5/c1-18-13-12(14(23)21(16(18)24)9-11(22)25-2)20-6-5-19(15(20)17-13)8-10-4-3-7-26-10/h3-4,7,12H,5-6,8-9H2,1-2H3/q+1. The molecule has 0 saturated carbocycles. The second-order valence-electron chi connectivity index (χ2n) is 6.21. The van der Waals surface area contributed by atoms with Gasteiger partial charge in [0.25, 0.3) is 5.91 Å². The third kappa shape index (κ3) is 2.37. The number of rotatable bonds is 4. The molecule has 1 atom stereocenters. The minimum atomic E-state index is -0.709. The molecular weight excluding hydrogens is 342 g/mol. The van der Waals surface area contributed by atoms with Crippen LogP contribution in [-0.2, 0) is 20.9 Å². The SMILES string of the molecule is COC(=O)CN1C(=O)C2C(=NC3=[N+](Cc4ccco4)CCN32)N(C)C1=O. The van der Waals surface area contributed by atoms with Crippen molar-refractivity contribution in [1.82, 2.24) is 14.7 Å². The molecule has 1 aromatic rings. The molecule has 1 saturated heterocycles. The average Bonchev–Trinajstić information content (AvgIpc) is 3.34. The molecule has 0 bridgehead atoms. The summed E-state index contributed by atoms with van der Waals surface area (Å²) in [6.45, 7) is 1.39. The van der Waals surface area contributed by atoms with E-state index in [-0.39, 0.29) is 0 Å². The van der Waals surface area contributed by atoms with E-state index in [9.17, 15) is 14.4 Å². The van der Waals surface area contributed by atoms with E-state index in [4.69, 9.17) is 4.42 Å². The van der Waals surface area contributed by atoms with Gasteiger partial charge in [0, 0.05) is 7.05 Å². The Kier molecular flexibility index (Phi) is 3.74. The van der Waals surface area contributed by atoms with E-state index >= 15 is 0 Å². The number of aliphatic imine (C=N–C) groups is 1. The zero-order chi connectivity index (χ0) is 18.4. The van der Waals surface area contributed by atoms with Crippen molar-refractivity contribution in [1.29, 1.82) is 0 Å². The molecule has 3 amide bonds. The number of urea groups is 1. The molecule has 3 aliphatic heterocycles. The summed E-state index contributed by atoms with van der Waals surface area (Å²) in [7, 11) is 2.76. The van der Waals surface area contributed by atoms with Crippen LogP contribution < -0.4 is 0 Å². The predicted octanol–water partition coefficient (Wildman–Crippen LogP) is -0.689. The maximum absolute atomic E-state index is 12.9. The zero-order valence-electron chi connectivity index (χ0n) is 14.4. The van der Waals surface area contributed by atoms with Gasteiger partial charge in [0.2, 0.25) is 11.9 Å². The lowest BCUT2D eigenvalue weighted by Gasteiger charge is -2.33. The number of fused-ring (bicyclic) bond motifs is 3. The van der Waals surface area contributed by atoms with Crippen LogP contribution in [0.5, 0.6) is 0 Å². The number of furan rings is 1. The van der Waals surface area contributed by atoms with Crippen LogP contribution in [0, 0.1) is 0 Å². The quantitative estimate of drug-likeness (QED) is 0.521. The number of esters is 1. The van der Waals surface area contributed by atoms with Crippen molar-refractivity contribution in [3.63, 3.8) is 0 Å². The number of imide groups is 1. The number of guanidine groups is 1. The van der Waals surface area contributed by atoms with Gasteiger partial charge in [0.05, 0.1) is 26.5 Å². The van der Waals surface area contributed by atoms with Crippen LogP contribution in [0.4, 0.5) is 4.79 Å². The van der Waals surface area contributed by atoms with Crippen LogP contribution in [0.2, 0.25) is 0 Å². The maximum Gasteiger partial charge on any atom is 0.393 e. The van der Waals surface area contributed by atoms with Gasteiger partial charge >= 0.3 is 18.0 Å². The van der Waals surface area contributed by atoms with Crippen molar-refractivity contribution in [2.75, 3.05) is 33.8 Å². The third-order valence-electron chi connectivity index (χ3n) is 4.72. The molecule has 4 heterocycles. The second-order valence-corrected chi connectivity index (χ2v) is 6.21. The van der Waals surface area contributed by atoms with E-state index < -0.39 is 30.5 Å². The van der Waals surface area contributed by atoms with Gasteiger partial charge in [-0.1, -0.05) is 4.99 Å². The molecule has 10 heteroatoms. The Bertz CT molecular complexity index is 843. The molecule has 1 aromatic heterocycles. The van der Waals surface area contributed by atoms with Crippen LogP contribution in [0.1, 0.15) is 5.76 Å². The van der Waals surface area contributed by atoms with Gasteiger partial charge in [-0.2, -0.15) is 0 Å². The van der Waals surface area contributed by atoms with E-state index in [1.165, 1.54) is 12.0 Å². The Hall–Kier alpha value is -3.17. The number of carbonyl (C=O) groups is 3. The highest BCUT2D eigenvalue weighted by Gasteiger charge is 2.57. The molecule has 4 rings (SSSR count). The van der Waals surface area contributed by atoms with E-state index in [0.29, 0.717) is 31.4 Å². The van der Waals surface area contributed by atoms with Crippen LogP contribution in [0.3, 0.4) is 0 Å². The van der Waals surface area contributed by atoms with Gasteiger partial charge in [0.15, 0.2) is 0 Å². The molecule has 0 spiro atoms. The van der Waals surface area contributed by atoms with Crippen LogP contribution in [0.15, 0.2) is 27.8 Å². The van der Waals surface area contributed by atoms with Crippen molar-refractivity contribution in [3.05, 3.63) is 24.2 Å². The molecule has 3 aliphatic rings. The summed E-state index contributed by atoms with van der Waals surface area (Å²) in [5.74, 6) is 0.683. The Labute approximate surface area is 148 Å². The summed E-state index contributed by atoms with van der Waals surface area (Å²) in [5.41, 5.74) is 0. The third-order valence-corrected chi connectivity index (χ3v) is 4.72. The number of nitrogens with zero attached hydrogens (tertiary/aromatic N) is 5. The fourth-order valence-electron chi connectivity index (χ4n) is 3.40. The number of methoxy groups -OCH3 is 1. The molecule has 26 heavy (non-hydrogen) atoms. The first-order valence-electron chi connectivity index (χ1n) is 8.16. The largest absolute Gasteiger partial charge is 0.468 e. The van der Waals surface area contributed by atoms with Crippen molar-refractivity contribution in [2.45, 2.75) is 12.6 Å². The summed E-state index contributed by atoms with van der Waals surface area (Å²) in [4.78, 5) is 45.5. The smallest absolute Gasteiger partial charge is 0.393 e. The number of likely N-dealkylation sites (N-methyl/N-ethyl adjacent to an activating group) is 1. The average molecular weight is 360 g/mol. The molecule has 0 aliphatic carbocycles. The minimum absolute atomic E-state index is 0.375. The number of hydrogen-bond donors (Lipinski definition) is 0. The van der Waals surface area contributed by atoms with E-state index in [2.05, 4.69) is 9.73 Å². The van der Waals surface area contributed by atoms with Gasteiger partial charge in [-0.25, -0.2) is 14.6 Å². The molecule has 10 nitrogen and oxygen atoms in total. The number of ether oxygens (including phenoxy) is 1. The molecule has 136 valence electrons. The first-order valence-corrected chi connectivity index (χ1v) is 8.16. The number of amidine groups is 1. The predicted molar refractivity (Wildman–Crippen MR) is 87.4 cm³/mol. The Morgan fingerprint density at radius 1 is 1.46 bits per heavy atom. The highest BCUT2D eigenvalue weighted by molar-refractivity contribution is 6.26. The Morgan fingerprint density at radius 3 is 2.96 bits per heavy atom. The van der Waals surface area contributed by atoms with Gasteiger partial charge in [-0.05, 0) is 12.1 Å². The van der Waals surface area contributed by atoms with Crippen molar-refractivity contribution in [3.8, 4) is 0 Å². The lowest BCUT2D eigenvalue weighted by atomic mass is 10.1. The fraction of sp³-hybridized carbons (Fsp3) is 0.438. The molecule has 0 aromatic carbocycles. The molecule has 0 N–H and O–H groups in total. The summed E-state index contributed by atoms with van der Waals surface area (Å²) in [6, 6.07) is 2.39. The monoisotopic (exact) mass is 360 g/mol. The second kappa shape index (κ2) is 5.97. The Balaban J connectivity index is 1.65. The van der Waals surface area contributed by atoms with Crippen LogP contribution >= 0.6 is 0 Å². The molecule has 1 fully saturated rings. The van der Waals surface area contributed by atoms with Crippen LogP contribution in [0.25, 0.3) is 0 Å². The first kappa shape index (κ1) is 16.3. The van der Waals surface area contributed by atoms with E-state index in [1.54, 1.807) is 13.3 Å².